The van der Waals surface area contributed by atoms with Crippen LogP contribution in [0.5, 0.6) is 0 Å². The molecule has 0 bridgehead atoms. The van der Waals surface area contributed by atoms with Crippen molar-refractivity contribution in [3.8, 4) is 22.4 Å². The average molecular weight is 746 g/mol. The van der Waals surface area contributed by atoms with Gasteiger partial charge in [0.25, 0.3) is 0 Å². The number of aromatic nitrogens is 4. The van der Waals surface area contributed by atoms with Gasteiger partial charge in [-0.15, -0.1) is 0 Å². The zero-order valence-electron chi connectivity index (χ0n) is 32.1. The third-order valence-corrected chi connectivity index (χ3v) is 14.1. The van der Waals surface area contributed by atoms with Crippen molar-refractivity contribution in [3.05, 3.63) is 66.6 Å². The first-order valence-electron chi connectivity index (χ1n) is 18.9. The first kappa shape index (κ1) is 38.3. The summed E-state index contributed by atoms with van der Waals surface area (Å²) in [7, 11) is -2.57. The summed E-state index contributed by atoms with van der Waals surface area (Å²) in [5.74, 6) is 0.245. The summed E-state index contributed by atoms with van der Waals surface area (Å²) in [6, 6.07) is 18.5. The molecule has 1 atom stereocenters. The van der Waals surface area contributed by atoms with Crippen LogP contribution in [0, 0.1) is 5.41 Å². The van der Waals surface area contributed by atoms with Crippen LogP contribution in [0.1, 0.15) is 50.6 Å². The van der Waals surface area contributed by atoms with E-state index in [1.807, 2.05) is 41.2 Å². The molecule has 1 aromatic carbocycles. The second-order valence-electron chi connectivity index (χ2n) is 17.1. The van der Waals surface area contributed by atoms with Crippen molar-refractivity contribution in [3.63, 3.8) is 0 Å². The summed E-state index contributed by atoms with van der Waals surface area (Å²) in [5, 5.41) is 4.89. The monoisotopic (exact) mass is 745 g/mol. The molecule has 2 fully saturated rings. The second kappa shape index (κ2) is 15.5. The fourth-order valence-electron chi connectivity index (χ4n) is 7.21. The van der Waals surface area contributed by atoms with E-state index in [1.165, 1.54) is 0 Å². The highest BCUT2D eigenvalue weighted by atomic mass is 28.3. The van der Waals surface area contributed by atoms with Crippen molar-refractivity contribution in [1.29, 1.82) is 0 Å². The lowest BCUT2D eigenvalue weighted by atomic mass is 9.76. The van der Waals surface area contributed by atoms with E-state index in [1.54, 1.807) is 6.92 Å². The number of hydrogen-bond acceptors (Lipinski definition) is 8. The highest BCUT2D eigenvalue weighted by Crippen LogP contribution is 2.68. The SMILES string of the molecule is CCOC(=O)C1(F)CC12CCC(c1cc(N(COCC[Si](C)(C)C)COCC[Si](C)(C)C)n3ncc(-c4ccc(-c5ccccc5)nc4)c3n1)CC2. The molecule has 280 valence electrons. The highest BCUT2D eigenvalue weighted by molar-refractivity contribution is 6.76. The lowest BCUT2D eigenvalue weighted by Crippen LogP contribution is -2.33. The maximum absolute atomic E-state index is 15.8. The van der Waals surface area contributed by atoms with Crippen molar-refractivity contribution in [1.82, 2.24) is 19.6 Å². The molecule has 1 unspecified atom stereocenters. The molecule has 9 nitrogen and oxygen atoms in total. The summed E-state index contributed by atoms with van der Waals surface area (Å²) in [4.78, 5) is 24.7. The third kappa shape index (κ3) is 8.67. The molecule has 0 radical (unpaired) electrons. The molecule has 0 aliphatic heterocycles. The van der Waals surface area contributed by atoms with E-state index in [9.17, 15) is 4.79 Å². The van der Waals surface area contributed by atoms with Crippen LogP contribution in [-0.4, -0.2) is 80.7 Å². The van der Waals surface area contributed by atoms with Gasteiger partial charge in [-0.05, 0) is 50.8 Å². The number of fused-ring (bicyclic) bond motifs is 1. The molecule has 1 spiro atoms. The molecular weight excluding hydrogens is 690 g/mol. The van der Waals surface area contributed by atoms with Gasteiger partial charge in [0.15, 0.2) is 5.65 Å². The Kier molecular flexibility index (Phi) is 11.4. The lowest BCUT2D eigenvalue weighted by molar-refractivity contribution is -0.153. The molecule has 52 heavy (non-hydrogen) atoms. The number of carbonyl (C=O) groups is 1. The molecule has 3 aromatic heterocycles. The third-order valence-electron chi connectivity index (χ3n) is 10.7. The van der Waals surface area contributed by atoms with Crippen LogP contribution in [0.4, 0.5) is 10.2 Å². The summed E-state index contributed by atoms with van der Waals surface area (Å²) in [6.07, 6.45) is 6.72. The smallest absolute Gasteiger partial charge is 0.344 e. The summed E-state index contributed by atoms with van der Waals surface area (Å²) < 4.78 is 35.5. The largest absolute Gasteiger partial charge is 0.464 e. The molecule has 0 N–H and O–H groups in total. The van der Waals surface area contributed by atoms with E-state index in [-0.39, 0.29) is 18.9 Å². The van der Waals surface area contributed by atoms with Gasteiger partial charge < -0.3 is 19.1 Å². The van der Waals surface area contributed by atoms with E-state index < -0.39 is 33.2 Å². The number of rotatable bonds is 16. The Morgan fingerprint density at radius 1 is 0.923 bits per heavy atom. The van der Waals surface area contributed by atoms with E-state index in [2.05, 4.69) is 68.4 Å². The fraction of sp³-hybridized carbons (Fsp3) is 0.550. The Hall–Kier alpha value is -3.46. The van der Waals surface area contributed by atoms with Gasteiger partial charge in [-0.2, -0.15) is 9.61 Å². The minimum Gasteiger partial charge on any atom is -0.464 e. The molecular formula is C40H56FN5O4Si2. The summed E-state index contributed by atoms with van der Waals surface area (Å²) in [6.45, 7) is 18.1. The molecule has 2 aliphatic carbocycles. The van der Waals surface area contributed by atoms with Gasteiger partial charge >= 0.3 is 5.97 Å². The quantitative estimate of drug-likeness (QED) is 0.0486. The zero-order chi connectivity index (χ0) is 37.1. The van der Waals surface area contributed by atoms with Crippen molar-refractivity contribution >= 4 is 33.6 Å². The van der Waals surface area contributed by atoms with Crippen LogP contribution in [0.25, 0.3) is 28.0 Å². The Bertz CT molecular complexity index is 1800. The van der Waals surface area contributed by atoms with Crippen LogP contribution in [0.15, 0.2) is 60.9 Å². The van der Waals surface area contributed by atoms with Crippen molar-refractivity contribution < 1.29 is 23.4 Å². The molecule has 4 aromatic rings. The Morgan fingerprint density at radius 2 is 1.58 bits per heavy atom. The van der Waals surface area contributed by atoms with E-state index in [4.69, 9.17) is 29.3 Å². The van der Waals surface area contributed by atoms with Crippen LogP contribution in [0.3, 0.4) is 0 Å². The number of nitrogens with zero attached hydrogens (tertiary/aromatic N) is 5. The standard InChI is InChI=1S/C40H56FN5O4Si2/c1-8-50-38(47)40(41)27-39(40)18-16-31(17-19-39)35-24-36(45(28-48-20-22-51(2,3)4)29-49-21-23-52(5,6)7)46-37(44-35)33(26-43-46)32-14-15-34(42-25-32)30-12-10-9-11-13-30/h9-15,24-26,31H,8,16-23,27-29H2,1-7H3. The highest BCUT2D eigenvalue weighted by Gasteiger charge is 2.74. The van der Waals surface area contributed by atoms with Crippen LogP contribution >= 0.6 is 0 Å². The van der Waals surface area contributed by atoms with Crippen molar-refractivity contribution in [2.45, 2.75) is 102 Å². The van der Waals surface area contributed by atoms with Gasteiger partial charge in [0.1, 0.15) is 19.3 Å². The topological polar surface area (TPSA) is 91.1 Å². The van der Waals surface area contributed by atoms with Gasteiger partial charge in [-0.3, -0.25) is 4.98 Å². The Morgan fingerprint density at radius 3 is 2.15 bits per heavy atom. The minimum atomic E-state index is -1.87. The van der Waals surface area contributed by atoms with Gasteiger partial charge in [-0.1, -0.05) is 75.7 Å². The molecule has 12 heteroatoms. The summed E-state index contributed by atoms with van der Waals surface area (Å²) in [5.41, 5.74) is 2.93. The number of esters is 1. The minimum absolute atomic E-state index is 0.102. The Balaban J connectivity index is 1.33. The van der Waals surface area contributed by atoms with E-state index in [0.29, 0.717) is 39.5 Å². The van der Waals surface area contributed by atoms with Crippen molar-refractivity contribution in [2.75, 3.05) is 38.2 Å². The number of ether oxygens (including phenoxy) is 3. The van der Waals surface area contributed by atoms with E-state index >= 15 is 4.39 Å². The fourth-order valence-corrected chi connectivity index (χ4v) is 8.72. The number of carbonyl (C=O) groups excluding carboxylic acids is 1. The maximum Gasteiger partial charge on any atom is 0.344 e. The van der Waals surface area contributed by atoms with E-state index in [0.717, 1.165) is 64.5 Å². The lowest BCUT2D eigenvalue weighted by Gasteiger charge is -2.31. The number of hydrogen-bond donors (Lipinski definition) is 0. The Labute approximate surface area is 310 Å². The first-order chi connectivity index (χ1) is 24.7. The van der Waals surface area contributed by atoms with Gasteiger partial charge in [0.2, 0.25) is 5.67 Å². The number of halogens is 1. The number of pyridine rings is 1. The molecule has 2 saturated carbocycles. The number of alkyl halides is 1. The van der Waals surface area contributed by atoms with Gasteiger partial charge in [0, 0.05) is 81.8 Å². The first-order valence-corrected chi connectivity index (χ1v) is 26.3. The van der Waals surface area contributed by atoms with Crippen LogP contribution in [-0.2, 0) is 19.0 Å². The second-order valence-corrected chi connectivity index (χ2v) is 28.4. The normalized spacial score (nSPS) is 21.8. The number of benzene rings is 1. The van der Waals surface area contributed by atoms with Crippen molar-refractivity contribution in [2.24, 2.45) is 5.41 Å². The predicted molar refractivity (Wildman–Crippen MR) is 211 cm³/mol. The molecule has 0 saturated heterocycles. The van der Waals surface area contributed by atoms with Gasteiger partial charge in [0.05, 0.1) is 18.5 Å². The maximum atomic E-state index is 15.8. The van der Waals surface area contributed by atoms with Crippen LogP contribution in [0.2, 0.25) is 51.4 Å². The number of anilines is 1. The molecule has 3 heterocycles. The molecule has 2 aliphatic rings. The summed E-state index contributed by atoms with van der Waals surface area (Å²) >= 11 is 0. The van der Waals surface area contributed by atoms with Gasteiger partial charge in [-0.25, -0.2) is 14.2 Å². The average Bonchev–Trinajstić information content (AvgIpc) is 3.45. The molecule has 0 amide bonds. The predicted octanol–water partition coefficient (Wildman–Crippen LogP) is 9.21. The zero-order valence-corrected chi connectivity index (χ0v) is 34.1. The molecule has 6 rings (SSSR count). The van der Waals surface area contributed by atoms with Crippen LogP contribution < -0.4 is 4.90 Å².